The number of aromatic nitrogens is 1. The molecule has 21 heavy (non-hydrogen) atoms. The molecule has 7 heteroatoms. The summed E-state index contributed by atoms with van der Waals surface area (Å²) >= 11 is 3.25. The number of pyridine rings is 1. The SMILES string of the molecule is Cc1cc(C)c([N+](=O)[O-])cc1NC(=O)c1ncccc1Br. The van der Waals surface area contributed by atoms with Crippen LogP contribution in [0.1, 0.15) is 21.6 Å². The second-order valence-corrected chi connectivity index (χ2v) is 5.35. The molecule has 1 aromatic heterocycles. The number of halogens is 1. The van der Waals surface area contributed by atoms with E-state index in [-0.39, 0.29) is 11.4 Å². The van der Waals surface area contributed by atoms with Crippen LogP contribution in [0, 0.1) is 24.0 Å². The fourth-order valence-corrected chi connectivity index (χ4v) is 2.34. The van der Waals surface area contributed by atoms with Gasteiger partial charge in [-0.05, 0) is 53.5 Å². The van der Waals surface area contributed by atoms with Gasteiger partial charge in [-0.2, -0.15) is 0 Å². The topological polar surface area (TPSA) is 85.1 Å². The van der Waals surface area contributed by atoms with E-state index >= 15 is 0 Å². The van der Waals surface area contributed by atoms with E-state index < -0.39 is 10.8 Å². The first kappa shape index (κ1) is 15.1. The predicted molar refractivity (Wildman–Crippen MR) is 82.5 cm³/mol. The summed E-state index contributed by atoms with van der Waals surface area (Å²) in [5, 5.41) is 13.6. The average Bonchev–Trinajstić information content (AvgIpc) is 2.41. The number of amides is 1. The van der Waals surface area contributed by atoms with Crippen LogP contribution in [0.25, 0.3) is 0 Å². The minimum atomic E-state index is -0.471. The first-order valence-electron chi connectivity index (χ1n) is 6.07. The number of nitro groups is 1. The lowest BCUT2D eigenvalue weighted by molar-refractivity contribution is -0.385. The number of carbonyl (C=O) groups is 1. The maximum atomic E-state index is 12.2. The Morgan fingerprint density at radius 3 is 2.67 bits per heavy atom. The lowest BCUT2D eigenvalue weighted by atomic mass is 10.1. The first-order chi connectivity index (χ1) is 9.90. The van der Waals surface area contributed by atoms with Gasteiger partial charge in [-0.15, -0.1) is 0 Å². The van der Waals surface area contributed by atoms with Crippen LogP contribution in [-0.2, 0) is 0 Å². The summed E-state index contributed by atoms with van der Waals surface area (Å²) in [5.41, 5.74) is 1.89. The zero-order chi connectivity index (χ0) is 15.6. The molecule has 1 amide bonds. The van der Waals surface area contributed by atoms with Crippen molar-refractivity contribution in [3.63, 3.8) is 0 Å². The molecule has 0 spiro atoms. The monoisotopic (exact) mass is 349 g/mol. The fraction of sp³-hybridized carbons (Fsp3) is 0.143. The third kappa shape index (κ3) is 3.25. The van der Waals surface area contributed by atoms with E-state index in [9.17, 15) is 14.9 Å². The summed E-state index contributed by atoms with van der Waals surface area (Å²) in [5.74, 6) is -0.427. The van der Waals surface area contributed by atoms with E-state index in [1.807, 2.05) is 0 Å². The number of aryl methyl sites for hydroxylation is 2. The first-order valence-corrected chi connectivity index (χ1v) is 6.87. The maximum absolute atomic E-state index is 12.2. The molecular formula is C14H12BrN3O3. The van der Waals surface area contributed by atoms with Crippen molar-refractivity contribution in [1.29, 1.82) is 0 Å². The number of hydrogen-bond acceptors (Lipinski definition) is 4. The molecule has 108 valence electrons. The average molecular weight is 350 g/mol. The molecule has 0 aliphatic heterocycles. The Kier molecular flexibility index (Phi) is 4.32. The van der Waals surface area contributed by atoms with Crippen LogP contribution in [0.4, 0.5) is 11.4 Å². The number of nitrogens with zero attached hydrogens (tertiary/aromatic N) is 2. The van der Waals surface area contributed by atoms with Crippen molar-refractivity contribution in [3.8, 4) is 0 Å². The van der Waals surface area contributed by atoms with E-state index in [2.05, 4.69) is 26.2 Å². The minimum absolute atomic E-state index is 0.0315. The van der Waals surface area contributed by atoms with Gasteiger partial charge in [-0.3, -0.25) is 14.9 Å². The normalized spacial score (nSPS) is 10.2. The van der Waals surface area contributed by atoms with Crippen LogP contribution in [0.5, 0.6) is 0 Å². The molecular weight excluding hydrogens is 338 g/mol. The summed E-state index contributed by atoms with van der Waals surface area (Å²) in [6.45, 7) is 3.44. The van der Waals surface area contributed by atoms with Crippen LogP contribution >= 0.6 is 15.9 Å². The molecule has 0 aliphatic carbocycles. The van der Waals surface area contributed by atoms with Crippen LogP contribution in [0.3, 0.4) is 0 Å². The van der Waals surface area contributed by atoms with Crippen molar-refractivity contribution >= 4 is 33.2 Å². The lowest BCUT2D eigenvalue weighted by Crippen LogP contribution is -2.15. The smallest absolute Gasteiger partial charge is 0.275 e. The van der Waals surface area contributed by atoms with Gasteiger partial charge in [0.2, 0.25) is 0 Å². The standard InChI is InChI=1S/C14H12BrN3O3/c1-8-6-9(2)12(18(20)21)7-11(8)17-14(19)13-10(15)4-3-5-16-13/h3-7H,1-2H3,(H,17,19). The number of anilines is 1. The molecule has 0 saturated heterocycles. The van der Waals surface area contributed by atoms with Crippen molar-refractivity contribution in [2.75, 3.05) is 5.32 Å². The highest BCUT2D eigenvalue weighted by atomic mass is 79.9. The van der Waals surface area contributed by atoms with E-state index in [0.29, 0.717) is 15.7 Å². The van der Waals surface area contributed by atoms with Crippen molar-refractivity contribution in [2.24, 2.45) is 0 Å². The second kappa shape index (κ2) is 6.01. The van der Waals surface area contributed by atoms with Crippen LogP contribution in [-0.4, -0.2) is 15.8 Å². The van der Waals surface area contributed by atoms with Crippen LogP contribution in [0.15, 0.2) is 34.9 Å². The molecule has 2 rings (SSSR count). The van der Waals surface area contributed by atoms with Gasteiger partial charge in [0.05, 0.1) is 10.6 Å². The van der Waals surface area contributed by atoms with Crippen molar-refractivity contribution in [1.82, 2.24) is 4.98 Å². The molecule has 1 aromatic carbocycles. The fourth-order valence-electron chi connectivity index (χ4n) is 1.91. The Balaban J connectivity index is 2.36. The number of benzene rings is 1. The highest BCUT2D eigenvalue weighted by Gasteiger charge is 2.17. The van der Waals surface area contributed by atoms with Gasteiger partial charge in [0, 0.05) is 22.3 Å². The molecule has 1 heterocycles. The molecule has 0 unspecified atom stereocenters. The Morgan fingerprint density at radius 1 is 1.33 bits per heavy atom. The number of carbonyl (C=O) groups excluding carboxylic acids is 1. The Bertz CT molecular complexity index is 731. The summed E-state index contributed by atoms with van der Waals surface area (Å²) < 4.78 is 0.557. The summed E-state index contributed by atoms with van der Waals surface area (Å²) in [6, 6.07) is 6.43. The molecule has 0 fully saturated rings. The van der Waals surface area contributed by atoms with Gasteiger partial charge in [0.25, 0.3) is 11.6 Å². The maximum Gasteiger partial charge on any atom is 0.275 e. The Labute approximate surface area is 129 Å². The van der Waals surface area contributed by atoms with Gasteiger partial charge in [0.1, 0.15) is 5.69 Å². The quantitative estimate of drug-likeness (QED) is 0.677. The summed E-state index contributed by atoms with van der Waals surface area (Å²) in [4.78, 5) is 26.7. The molecule has 0 atom stereocenters. The highest BCUT2D eigenvalue weighted by Crippen LogP contribution is 2.27. The number of rotatable bonds is 3. The van der Waals surface area contributed by atoms with E-state index in [4.69, 9.17) is 0 Å². The Morgan fingerprint density at radius 2 is 2.05 bits per heavy atom. The number of hydrogen-bond donors (Lipinski definition) is 1. The minimum Gasteiger partial charge on any atom is -0.320 e. The molecule has 6 nitrogen and oxygen atoms in total. The highest BCUT2D eigenvalue weighted by molar-refractivity contribution is 9.10. The largest absolute Gasteiger partial charge is 0.320 e. The van der Waals surface area contributed by atoms with E-state index in [1.54, 1.807) is 32.0 Å². The molecule has 0 radical (unpaired) electrons. The van der Waals surface area contributed by atoms with Gasteiger partial charge in [-0.25, -0.2) is 4.98 Å². The lowest BCUT2D eigenvalue weighted by Gasteiger charge is -2.10. The molecule has 0 saturated carbocycles. The third-order valence-corrected chi connectivity index (χ3v) is 3.60. The van der Waals surface area contributed by atoms with Gasteiger partial charge >= 0.3 is 0 Å². The molecule has 2 aromatic rings. The third-order valence-electron chi connectivity index (χ3n) is 2.96. The molecule has 0 bridgehead atoms. The van der Waals surface area contributed by atoms with Gasteiger partial charge in [0.15, 0.2) is 0 Å². The van der Waals surface area contributed by atoms with Crippen molar-refractivity contribution < 1.29 is 9.72 Å². The van der Waals surface area contributed by atoms with Crippen molar-refractivity contribution in [3.05, 3.63) is 61.9 Å². The summed E-state index contributed by atoms with van der Waals surface area (Å²) in [6.07, 6.45) is 1.50. The zero-order valence-corrected chi connectivity index (χ0v) is 13.0. The Hall–Kier alpha value is -2.28. The second-order valence-electron chi connectivity index (χ2n) is 4.50. The number of nitrogens with one attached hydrogen (secondary N) is 1. The molecule has 1 N–H and O–H groups in total. The number of nitro benzene ring substituents is 1. The molecule has 0 aliphatic rings. The van der Waals surface area contributed by atoms with E-state index in [1.165, 1.54) is 12.3 Å². The predicted octanol–water partition coefficient (Wildman–Crippen LogP) is 3.62. The summed E-state index contributed by atoms with van der Waals surface area (Å²) in [7, 11) is 0. The van der Waals surface area contributed by atoms with Gasteiger partial charge in [-0.1, -0.05) is 0 Å². The zero-order valence-electron chi connectivity index (χ0n) is 11.4. The van der Waals surface area contributed by atoms with Crippen LogP contribution < -0.4 is 5.32 Å². The van der Waals surface area contributed by atoms with Crippen LogP contribution in [0.2, 0.25) is 0 Å². The van der Waals surface area contributed by atoms with Crippen molar-refractivity contribution in [2.45, 2.75) is 13.8 Å². The van der Waals surface area contributed by atoms with Gasteiger partial charge < -0.3 is 5.32 Å². The van der Waals surface area contributed by atoms with E-state index in [0.717, 1.165) is 5.56 Å².